The third-order valence-electron chi connectivity index (χ3n) is 2.60. The van der Waals surface area contributed by atoms with Gasteiger partial charge in [0.2, 0.25) is 10.0 Å². The molecule has 1 aromatic rings. The molecule has 0 heterocycles. The van der Waals surface area contributed by atoms with E-state index in [-0.39, 0.29) is 5.02 Å². The van der Waals surface area contributed by atoms with E-state index in [0.29, 0.717) is 12.1 Å². The fraction of sp³-hybridized carbons (Fsp3) is 0.364. The van der Waals surface area contributed by atoms with Crippen molar-refractivity contribution in [2.24, 2.45) is 0 Å². The summed E-state index contributed by atoms with van der Waals surface area (Å²) in [5, 5.41) is 17.7. The number of nitrogens with one attached hydrogen (secondary N) is 1. The minimum atomic E-state index is -4.98. The molecule has 1 unspecified atom stereocenters. The molecule has 6 nitrogen and oxygen atoms in total. The van der Waals surface area contributed by atoms with Gasteiger partial charge in [0, 0.05) is 5.02 Å². The quantitative estimate of drug-likeness (QED) is 0.737. The second kappa shape index (κ2) is 6.03. The molecule has 3 N–H and O–H groups in total. The number of aliphatic carboxylic acids is 1. The minimum absolute atomic E-state index is 0.316. The molecule has 0 aromatic heterocycles. The number of aliphatic hydroxyl groups is 1. The Balaban J connectivity index is 3.22. The van der Waals surface area contributed by atoms with Crippen molar-refractivity contribution >= 4 is 27.6 Å². The molecule has 11 heteroatoms. The lowest BCUT2D eigenvalue weighted by Gasteiger charge is -2.19. The number of sulfonamides is 1. The van der Waals surface area contributed by atoms with Crippen LogP contribution in [0.25, 0.3) is 0 Å². The summed E-state index contributed by atoms with van der Waals surface area (Å²) < 4.78 is 64.1. The normalized spacial score (nSPS) is 15.4. The molecule has 22 heavy (non-hydrogen) atoms. The molecule has 0 radical (unpaired) electrons. The lowest BCUT2D eigenvalue weighted by molar-refractivity contribution is -0.155. The Bertz CT molecular complexity index is 687. The van der Waals surface area contributed by atoms with Crippen LogP contribution in [0.3, 0.4) is 0 Å². The van der Waals surface area contributed by atoms with Gasteiger partial charge in [-0.3, -0.25) is 0 Å². The van der Waals surface area contributed by atoms with Gasteiger partial charge in [-0.05, 0) is 25.1 Å². The van der Waals surface area contributed by atoms with Gasteiger partial charge in [0.25, 0.3) is 0 Å². The van der Waals surface area contributed by atoms with Crippen LogP contribution in [0.15, 0.2) is 23.1 Å². The molecule has 0 fully saturated rings. The van der Waals surface area contributed by atoms with E-state index in [1.807, 2.05) is 0 Å². The number of rotatable bonds is 5. The predicted octanol–water partition coefficient (Wildman–Crippen LogP) is 1.47. The average molecular weight is 362 g/mol. The van der Waals surface area contributed by atoms with Gasteiger partial charge in [-0.2, -0.15) is 13.2 Å². The van der Waals surface area contributed by atoms with E-state index in [4.69, 9.17) is 16.7 Å². The summed E-state index contributed by atoms with van der Waals surface area (Å²) in [7, 11) is -4.71. The molecule has 0 spiro atoms. The summed E-state index contributed by atoms with van der Waals surface area (Å²) in [6.07, 6.45) is -4.98. The van der Waals surface area contributed by atoms with E-state index < -0.39 is 44.8 Å². The van der Waals surface area contributed by atoms with Gasteiger partial charge in [0.05, 0.1) is 17.0 Å². The van der Waals surface area contributed by atoms with Gasteiger partial charge < -0.3 is 10.2 Å². The van der Waals surface area contributed by atoms with Crippen LogP contribution in [0.4, 0.5) is 13.2 Å². The number of carboxylic acid groups (broad SMARTS) is 1. The number of hydrogen-bond acceptors (Lipinski definition) is 4. The first kappa shape index (κ1) is 18.7. The maximum atomic E-state index is 12.9. The van der Waals surface area contributed by atoms with Crippen LogP contribution in [0.2, 0.25) is 5.02 Å². The van der Waals surface area contributed by atoms with Crippen molar-refractivity contribution in [3.8, 4) is 0 Å². The second-order valence-corrected chi connectivity index (χ2v) is 6.71. The maximum Gasteiger partial charge on any atom is 0.417 e. The van der Waals surface area contributed by atoms with Crippen LogP contribution in [0.5, 0.6) is 0 Å². The average Bonchev–Trinajstić information content (AvgIpc) is 2.35. The Morgan fingerprint density at radius 2 is 1.91 bits per heavy atom. The fourth-order valence-electron chi connectivity index (χ4n) is 1.35. The van der Waals surface area contributed by atoms with Gasteiger partial charge in [-0.1, -0.05) is 11.6 Å². The van der Waals surface area contributed by atoms with E-state index >= 15 is 0 Å². The number of carboxylic acids is 1. The van der Waals surface area contributed by atoms with E-state index in [2.05, 4.69) is 0 Å². The monoisotopic (exact) mass is 361 g/mol. The summed E-state index contributed by atoms with van der Waals surface area (Å²) in [5.74, 6) is -1.73. The number of benzene rings is 1. The molecule has 0 bridgehead atoms. The molecule has 1 rings (SSSR count). The van der Waals surface area contributed by atoms with Gasteiger partial charge in [0.15, 0.2) is 5.60 Å². The molecule has 0 amide bonds. The summed E-state index contributed by atoms with van der Waals surface area (Å²) >= 11 is 5.43. The Kier molecular flexibility index (Phi) is 5.12. The number of halogens is 4. The largest absolute Gasteiger partial charge is 0.479 e. The van der Waals surface area contributed by atoms with Crippen LogP contribution in [-0.2, 0) is 21.0 Å². The Morgan fingerprint density at radius 3 is 2.36 bits per heavy atom. The third kappa shape index (κ3) is 4.32. The smallest absolute Gasteiger partial charge is 0.417 e. The van der Waals surface area contributed by atoms with Crippen LogP contribution in [-0.4, -0.2) is 36.7 Å². The zero-order chi connectivity index (χ0) is 17.3. The predicted molar refractivity (Wildman–Crippen MR) is 69.9 cm³/mol. The van der Waals surface area contributed by atoms with Gasteiger partial charge in [-0.15, -0.1) is 0 Å². The van der Waals surface area contributed by atoms with Gasteiger partial charge >= 0.3 is 12.1 Å². The summed E-state index contributed by atoms with van der Waals surface area (Å²) in [4.78, 5) is 9.54. The van der Waals surface area contributed by atoms with Crippen LogP contribution in [0, 0.1) is 0 Å². The second-order valence-electron chi connectivity index (χ2n) is 4.54. The molecule has 0 aliphatic rings. The van der Waals surface area contributed by atoms with E-state index in [9.17, 15) is 31.5 Å². The summed E-state index contributed by atoms with van der Waals surface area (Å²) in [6, 6.07) is 2.02. The first-order valence-electron chi connectivity index (χ1n) is 5.59. The molecule has 0 aliphatic carbocycles. The van der Waals surface area contributed by atoms with E-state index in [1.54, 1.807) is 4.72 Å². The first-order chi connectivity index (χ1) is 9.77. The van der Waals surface area contributed by atoms with E-state index in [0.717, 1.165) is 13.0 Å². The highest BCUT2D eigenvalue weighted by Gasteiger charge is 2.38. The number of alkyl halides is 3. The van der Waals surface area contributed by atoms with E-state index in [1.165, 1.54) is 0 Å². The lowest BCUT2D eigenvalue weighted by Crippen LogP contribution is -2.46. The fourth-order valence-corrected chi connectivity index (χ4v) is 2.86. The number of carbonyl (C=O) groups is 1. The Labute approximate surface area is 128 Å². The molecule has 124 valence electrons. The van der Waals surface area contributed by atoms with Crippen molar-refractivity contribution in [1.29, 1.82) is 0 Å². The van der Waals surface area contributed by atoms with Crippen LogP contribution in [0.1, 0.15) is 12.5 Å². The molecule has 1 aromatic carbocycles. The third-order valence-corrected chi connectivity index (χ3v) is 4.30. The lowest BCUT2D eigenvalue weighted by atomic mass is 10.1. The highest BCUT2D eigenvalue weighted by atomic mass is 35.5. The molecular formula is C11H11ClF3NO5S. The van der Waals surface area contributed by atoms with Gasteiger partial charge in [0.1, 0.15) is 0 Å². The van der Waals surface area contributed by atoms with Crippen molar-refractivity contribution in [1.82, 2.24) is 4.72 Å². The molecular weight excluding hydrogens is 351 g/mol. The zero-order valence-corrected chi connectivity index (χ0v) is 12.6. The Hall–Kier alpha value is -1.36. The number of hydrogen-bond donors (Lipinski definition) is 3. The highest BCUT2D eigenvalue weighted by molar-refractivity contribution is 7.89. The minimum Gasteiger partial charge on any atom is -0.479 e. The Morgan fingerprint density at radius 1 is 1.36 bits per heavy atom. The SMILES string of the molecule is CC(O)(CNS(=O)(=O)c1ccc(Cl)cc1C(F)(F)F)C(=O)O. The van der Waals surface area contributed by atoms with Crippen molar-refractivity contribution in [2.45, 2.75) is 23.6 Å². The van der Waals surface area contributed by atoms with Crippen molar-refractivity contribution in [3.63, 3.8) is 0 Å². The standard InChI is InChI=1S/C11H11ClF3NO5S/c1-10(19,9(17)18)5-16-22(20,21)8-3-2-6(12)4-7(8)11(13,14)15/h2-4,16,19H,5H2,1H3,(H,17,18). The van der Waals surface area contributed by atoms with Crippen molar-refractivity contribution in [3.05, 3.63) is 28.8 Å². The molecule has 1 atom stereocenters. The maximum absolute atomic E-state index is 12.9. The zero-order valence-electron chi connectivity index (χ0n) is 11.0. The first-order valence-corrected chi connectivity index (χ1v) is 7.46. The highest BCUT2D eigenvalue weighted by Crippen LogP contribution is 2.35. The van der Waals surface area contributed by atoms with Crippen molar-refractivity contribution in [2.75, 3.05) is 6.54 Å². The molecule has 0 saturated heterocycles. The summed E-state index contributed by atoms with van der Waals surface area (Å²) in [5.41, 5.74) is -3.97. The van der Waals surface area contributed by atoms with Gasteiger partial charge in [-0.25, -0.2) is 17.9 Å². The molecule has 0 saturated carbocycles. The molecule has 0 aliphatic heterocycles. The topological polar surface area (TPSA) is 104 Å². The van der Waals surface area contributed by atoms with Crippen LogP contribution < -0.4 is 4.72 Å². The summed E-state index contributed by atoms with van der Waals surface area (Å²) in [6.45, 7) is -0.213. The van der Waals surface area contributed by atoms with Crippen molar-refractivity contribution < 1.29 is 36.6 Å². The van der Waals surface area contributed by atoms with Crippen LogP contribution >= 0.6 is 11.6 Å².